The van der Waals surface area contributed by atoms with Crippen molar-refractivity contribution in [2.75, 3.05) is 13.7 Å². The number of ether oxygens (including phenoxy) is 2. The van der Waals surface area contributed by atoms with Gasteiger partial charge in [0.1, 0.15) is 12.4 Å². The van der Waals surface area contributed by atoms with Gasteiger partial charge in [0.2, 0.25) is 0 Å². The summed E-state index contributed by atoms with van der Waals surface area (Å²) in [5, 5.41) is 1.22. The lowest BCUT2D eigenvalue weighted by Crippen LogP contribution is -2.23. The molecule has 1 amide bonds. The minimum atomic E-state index is -0.378. The van der Waals surface area contributed by atoms with Gasteiger partial charge in [0.05, 0.1) is 22.8 Å². The molecule has 0 aromatic heterocycles. The van der Waals surface area contributed by atoms with Crippen LogP contribution in [0.15, 0.2) is 82.7 Å². The molecule has 8 heteroatoms. The molecule has 4 rings (SSSR count). The number of amides is 1. The molecule has 3 aromatic carbocycles. The quantitative estimate of drug-likeness (QED) is 0.276. The van der Waals surface area contributed by atoms with Crippen LogP contribution in [-0.2, 0) is 16.1 Å². The SMILES string of the molecule is CCOC(=O)c1ccc(N=C2S/C(=C\c3ccccc3OCc3ccc(Cl)cc3)C(=O)N2C)cc1. The number of halogens is 1. The molecule has 1 aliphatic heterocycles. The largest absolute Gasteiger partial charge is 0.488 e. The van der Waals surface area contributed by atoms with E-state index in [2.05, 4.69) is 4.99 Å². The van der Waals surface area contributed by atoms with E-state index in [0.29, 0.717) is 45.3 Å². The van der Waals surface area contributed by atoms with E-state index >= 15 is 0 Å². The first kappa shape index (κ1) is 24.6. The van der Waals surface area contributed by atoms with Crippen LogP contribution in [-0.4, -0.2) is 35.6 Å². The van der Waals surface area contributed by atoms with Crippen LogP contribution in [0.4, 0.5) is 5.69 Å². The second-order valence-electron chi connectivity index (χ2n) is 7.59. The molecule has 0 bridgehead atoms. The summed E-state index contributed by atoms with van der Waals surface area (Å²) in [5.74, 6) is 0.145. The summed E-state index contributed by atoms with van der Waals surface area (Å²) >= 11 is 7.24. The van der Waals surface area contributed by atoms with Crippen LogP contribution in [0.5, 0.6) is 5.75 Å². The second-order valence-corrected chi connectivity index (χ2v) is 9.04. The number of amidine groups is 1. The van der Waals surface area contributed by atoms with Crippen LogP contribution in [0.2, 0.25) is 5.02 Å². The fourth-order valence-electron chi connectivity index (χ4n) is 3.26. The predicted molar refractivity (Wildman–Crippen MR) is 140 cm³/mol. The number of hydrogen-bond acceptors (Lipinski definition) is 6. The number of likely N-dealkylation sites (N-methyl/N-ethyl adjacent to an activating group) is 1. The Hall–Kier alpha value is -3.55. The first-order chi connectivity index (χ1) is 16.9. The molecule has 1 fully saturated rings. The maximum Gasteiger partial charge on any atom is 0.338 e. The first-order valence-corrected chi connectivity index (χ1v) is 12.1. The number of rotatable bonds is 7. The van der Waals surface area contributed by atoms with Crippen molar-refractivity contribution >= 4 is 52.2 Å². The molecule has 0 spiro atoms. The van der Waals surface area contributed by atoms with Gasteiger partial charge in [-0.3, -0.25) is 9.69 Å². The zero-order chi connectivity index (χ0) is 24.8. The lowest BCUT2D eigenvalue weighted by atomic mass is 10.2. The Morgan fingerprint density at radius 3 is 2.49 bits per heavy atom. The van der Waals surface area contributed by atoms with E-state index in [-0.39, 0.29) is 11.9 Å². The maximum atomic E-state index is 12.9. The first-order valence-electron chi connectivity index (χ1n) is 10.9. The zero-order valence-corrected chi connectivity index (χ0v) is 20.8. The lowest BCUT2D eigenvalue weighted by Gasteiger charge is -2.10. The topological polar surface area (TPSA) is 68.2 Å². The van der Waals surface area contributed by atoms with Crippen molar-refractivity contribution in [2.45, 2.75) is 13.5 Å². The monoisotopic (exact) mass is 506 g/mol. The summed E-state index contributed by atoms with van der Waals surface area (Å²) in [5.41, 5.74) is 2.88. The van der Waals surface area contributed by atoms with E-state index in [0.717, 1.165) is 11.1 Å². The van der Waals surface area contributed by atoms with Gasteiger partial charge in [0.25, 0.3) is 5.91 Å². The third-order valence-corrected chi connectivity index (χ3v) is 6.43. The third kappa shape index (κ3) is 6.12. The van der Waals surface area contributed by atoms with Gasteiger partial charge >= 0.3 is 5.97 Å². The van der Waals surface area contributed by atoms with Crippen LogP contribution in [0.1, 0.15) is 28.4 Å². The van der Waals surface area contributed by atoms with Crippen LogP contribution < -0.4 is 4.74 Å². The zero-order valence-electron chi connectivity index (χ0n) is 19.2. The van der Waals surface area contributed by atoms with Crippen molar-refractivity contribution in [1.82, 2.24) is 4.90 Å². The number of hydrogen-bond donors (Lipinski definition) is 0. The van der Waals surface area contributed by atoms with Crippen molar-refractivity contribution in [3.05, 3.63) is 99.4 Å². The Morgan fingerprint density at radius 2 is 1.77 bits per heavy atom. The molecule has 0 N–H and O–H groups in total. The van der Waals surface area contributed by atoms with Gasteiger partial charge in [-0.1, -0.05) is 41.9 Å². The number of nitrogens with zero attached hydrogens (tertiary/aromatic N) is 2. The molecule has 1 aliphatic rings. The average molecular weight is 507 g/mol. The highest BCUT2D eigenvalue weighted by molar-refractivity contribution is 8.18. The summed E-state index contributed by atoms with van der Waals surface area (Å²) in [6.45, 7) is 2.46. The summed E-state index contributed by atoms with van der Waals surface area (Å²) in [6.07, 6.45) is 1.81. The molecule has 0 saturated carbocycles. The van der Waals surface area contributed by atoms with Crippen LogP contribution in [0, 0.1) is 0 Å². The molecule has 0 unspecified atom stereocenters. The van der Waals surface area contributed by atoms with E-state index in [4.69, 9.17) is 21.1 Å². The van der Waals surface area contributed by atoms with E-state index in [9.17, 15) is 9.59 Å². The average Bonchev–Trinajstić information content (AvgIpc) is 3.12. The van der Waals surface area contributed by atoms with Crippen molar-refractivity contribution in [3.63, 3.8) is 0 Å². The van der Waals surface area contributed by atoms with Crippen LogP contribution >= 0.6 is 23.4 Å². The number of aliphatic imine (C=N–C) groups is 1. The Kier molecular flexibility index (Phi) is 7.90. The van der Waals surface area contributed by atoms with Crippen LogP contribution in [0.3, 0.4) is 0 Å². The standard InChI is InChI=1S/C27H23ClN2O4S/c1-3-33-26(32)19-10-14-22(15-11-19)29-27-30(2)25(31)24(35-27)16-20-6-4-5-7-23(20)34-17-18-8-12-21(28)13-9-18/h4-16H,3,17H2,1-2H3/b24-16-,29-27?. The van der Waals surface area contributed by atoms with Crippen molar-refractivity contribution in [1.29, 1.82) is 0 Å². The number of esters is 1. The second kappa shape index (κ2) is 11.3. The normalized spacial score (nSPS) is 15.6. The number of benzene rings is 3. The molecular formula is C27H23ClN2O4S. The minimum absolute atomic E-state index is 0.149. The summed E-state index contributed by atoms with van der Waals surface area (Å²) in [4.78, 5) is 31.4. The third-order valence-electron chi connectivity index (χ3n) is 5.12. The molecule has 0 aliphatic carbocycles. The highest BCUT2D eigenvalue weighted by atomic mass is 35.5. The molecule has 1 heterocycles. The summed E-state index contributed by atoms with van der Waals surface area (Å²) in [7, 11) is 1.69. The molecule has 3 aromatic rings. The molecule has 178 valence electrons. The molecule has 0 atom stereocenters. The van der Waals surface area contributed by atoms with Gasteiger partial charge in [0.15, 0.2) is 5.17 Å². The van der Waals surface area contributed by atoms with E-state index in [1.807, 2.05) is 54.6 Å². The van der Waals surface area contributed by atoms with E-state index < -0.39 is 0 Å². The highest BCUT2D eigenvalue weighted by Crippen LogP contribution is 2.35. The Labute approximate surface area is 213 Å². The van der Waals surface area contributed by atoms with Gasteiger partial charge < -0.3 is 9.47 Å². The number of carbonyl (C=O) groups excluding carboxylic acids is 2. The fourth-order valence-corrected chi connectivity index (χ4v) is 4.37. The lowest BCUT2D eigenvalue weighted by molar-refractivity contribution is -0.121. The van der Waals surface area contributed by atoms with Crippen molar-refractivity contribution < 1.29 is 19.1 Å². The van der Waals surface area contributed by atoms with Gasteiger partial charge in [-0.05, 0) is 72.8 Å². The summed E-state index contributed by atoms with van der Waals surface area (Å²) < 4.78 is 11.0. The molecule has 6 nitrogen and oxygen atoms in total. The molecule has 0 radical (unpaired) electrons. The Balaban J connectivity index is 1.51. The summed E-state index contributed by atoms with van der Waals surface area (Å²) in [6, 6.07) is 21.8. The molecule has 1 saturated heterocycles. The minimum Gasteiger partial charge on any atom is -0.488 e. The number of thioether (sulfide) groups is 1. The van der Waals surface area contributed by atoms with Gasteiger partial charge in [-0.2, -0.15) is 0 Å². The van der Waals surface area contributed by atoms with Gasteiger partial charge in [0, 0.05) is 17.6 Å². The van der Waals surface area contributed by atoms with Crippen LogP contribution in [0.25, 0.3) is 6.08 Å². The van der Waals surface area contributed by atoms with E-state index in [1.165, 1.54) is 16.7 Å². The van der Waals surface area contributed by atoms with Gasteiger partial charge in [-0.25, -0.2) is 9.79 Å². The number of para-hydroxylation sites is 1. The van der Waals surface area contributed by atoms with Crippen molar-refractivity contribution in [2.24, 2.45) is 4.99 Å². The Morgan fingerprint density at radius 1 is 1.06 bits per heavy atom. The number of carbonyl (C=O) groups is 2. The van der Waals surface area contributed by atoms with Crippen molar-refractivity contribution in [3.8, 4) is 5.75 Å². The van der Waals surface area contributed by atoms with Gasteiger partial charge in [-0.15, -0.1) is 0 Å². The predicted octanol–water partition coefficient (Wildman–Crippen LogP) is 6.33. The maximum absolute atomic E-state index is 12.9. The fraction of sp³-hybridized carbons (Fsp3) is 0.148. The Bertz CT molecular complexity index is 1290. The molecule has 35 heavy (non-hydrogen) atoms. The highest BCUT2D eigenvalue weighted by Gasteiger charge is 2.30. The van der Waals surface area contributed by atoms with E-state index in [1.54, 1.807) is 38.2 Å². The smallest absolute Gasteiger partial charge is 0.338 e. The molecular weight excluding hydrogens is 484 g/mol.